The summed E-state index contributed by atoms with van der Waals surface area (Å²) in [6, 6.07) is 7.85. The van der Waals surface area contributed by atoms with Gasteiger partial charge in [-0.05, 0) is 48.7 Å². The number of carbonyl (C=O) groups excluding carboxylic acids is 1. The molecular formula is C17H15N5O3S. The molecule has 2 heterocycles. The summed E-state index contributed by atoms with van der Waals surface area (Å²) >= 11 is 0. The summed E-state index contributed by atoms with van der Waals surface area (Å²) in [6.07, 6.45) is 4.84. The van der Waals surface area contributed by atoms with Crippen LogP contribution in [-0.2, 0) is 22.9 Å². The lowest BCUT2D eigenvalue weighted by atomic mass is 9.90. The molecule has 9 heteroatoms. The molecule has 4 rings (SSSR count). The van der Waals surface area contributed by atoms with E-state index in [0.29, 0.717) is 12.1 Å². The molecule has 132 valence electrons. The number of hydrogen-bond acceptors (Lipinski definition) is 5. The van der Waals surface area contributed by atoms with Crippen LogP contribution in [0.4, 0.5) is 0 Å². The minimum absolute atomic E-state index is 0.00185. The van der Waals surface area contributed by atoms with Gasteiger partial charge in [0.15, 0.2) is 5.69 Å². The summed E-state index contributed by atoms with van der Waals surface area (Å²) in [7, 11) is -3.79. The van der Waals surface area contributed by atoms with Gasteiger partial charge in [-0.3, -0.25) is 9.78 Å². The van der Waals surface area contributed by atoms with Gasteiger partial charge in [-0.25, -0.2) is 18.2 Å². The van der Waals surface area contributed by atoms with Crippen LogP contribution < -0.4 is 10.9 Å². The van der Waals surface area contributed by atoms with Crippen molar-refractivity contribution in [3.05, 3.63) is 59.5 Å². The summed E-state index contributed by atoms with van der Waals surface area (Å²) in [6.45, 7) is 0. The first-order valence-corrected chi connectivity index (χ1v) is 9.39. The largest absolute Gasteiger partial charge is 0.364 e. The molecule has 0 bridgehead atoms. The van der Waals surface area contributed by atoms with E-state index in [2.05, 4.69) is 10.1 Å². The Labute approximate surface area is 149 Å². The number of amides is 1. The second-order valence-electron chi connectivity index (χ2n) is 6.02. The Hall–Kier alpha value is -3.04. The number of aromatic nitrogens is 3. The minimum atomic E-state index is -3.79. The van der Waals surface area contributed by atoms with Crippen LogP contribution >= 0.6 is 0 Å². The lowest BCUT2D eigenvalue weighted by Crippen LogP contribution is -2.15. The van der Waals surface area contributed by atoms with E-state index in [1.165, 1.54) is 12.1 Å². The Morgan fingerprint density at radius 2 is 1.85 bits per heavy atom. The smallest absolute Gasteiger partial charge is 0.269 e. The molecule has 0 unspecified atom stereocenters. The second kappa shape index (κ2) is 5.75. The molecule has 8 nitrogen and oxygen atoms in total. The number of nitrogens with two attached hydrogens (primary N) is 2. The molecule has 0 atom stereocenters. The van der Waals surface area contributed by atoms with Crippen molar-refractivity contribution in [2.45, 2.75) is 17.7 Å². The molecule has 0 spiro atoms. The van der Waals surface area contributed by atoms with Crippen molar-refractivity contribution >= 4 is 15.9 Å². The number of sulfonamides is 1. The van der Waals surface area contributed by atoms with Gasteiger partial charge < -0.3 is 5.73 Å². The highest BCUT2D eigenvalue weighted by molar-refractivity contribution is 7.89. The van der Waals surface area contributed by atoms with Crippen LogP contribution in [0.5, 0.6) is 0 Å². The number of nitrogens with zero attached hydrogens (tertiary/aromatic N) is 3. The summed E-state index contributed by atoms with van der Waals surface area (Å²) < 4.78 is 24.5. The van der Waals surface area contributed by atoms with Gasteiger partial charge in [0, 0.05) is 23.5 Å². The highest BCUT2D eigenvalue weighted by Gasteiger charge is 2.28. The average molecular weight is 369 g/mol. The molecule has 0 saturated heterocycles. The van der Waals surface area contributed by atoms with E-state index in [9.17, 15) is 13.2 Å². The summed E-state index contributed by atoms with van der Waals surface area (Å²) in [5, 5.41) is 9.54. The average Bonchev–Trinajstić information content (AvgIpc) is 3.01. The fourth-order valence-corrected chi connectivity index (χ4v) is 3.76. The number of aryl methyl sites for hydroxylation is 1. The minimum Gasteiger partial charge on any atom is -0.364 e. The zero-order chi connectivity index (χ0) is 18.5. The van der Waals surface area contributed by atoms with Crippen LogP contribution in [0.3, 0.4) is 0 Å². The Kier molecular flexibility index (Phi) is 3.63. The zero-order valence-electron chi connectivity index (χ0n) is 13.6. The molecule has 1 aliphatic rings. The fraction of sp³-hybridized carbons (Fsp3) is 0.118. The van der Waals surface area contributed by atoms with Gasteiger partial charge in [0.2, 0.25) is 10.0 Å². The first-order valence-electron chi connectivity index (χ1n) is 7.84. The Morgan fingerprint density at radius 1 is 1.12 bits per heavy atom. The lowest BCUT2D eigenvalue weighted by Gasteiger charge is -2.18. The third-order valence-electron chi connectivity index (χ3n) is 4.43. The van der Waals surface area contributed by atoms with Gasteiger partial charge in [-0.1, -0.05) is 0 Å². The Balaban J connectivity index is 1.95. The third kappa shape index (κ3) is 2.57. The molecule has 3 aromatic rings. The predicted octanol–water partition coefficient (Wildman–Crippen LogP) is 0.779. The van der Waals surface area contributed by atoms with Crippen molar-refractivity contribution in [3.8, 4) is 16.9 Å². The zero-order valence-corrected chi connectivity index (χ0v) is 14.4. The van der Waals surface area contributed by atoms with Gasteiger partial charge >= 0.3 is 0 Å². The van der Waals surface area contributed by atoms with Crippen LogP contribution in [0.15, 0.2) is 47.6 Å². The molecular weight excluding hydrogens is 354 g/mol. The number of benzene rings is 1. The monoisotopic (exact) mass is 369 g/mol. The number of fused-ring (bicyclic) bond motifs is 3. The normalized spacial score (nSPS) is 13.1. The summed E-state index contributed by atoms with van der Waals surface area (Å²) in [5.74, 6) is -0.598. The van der Waals surface area contributed by atoms with Crippen LogP contribution in [-0.4, -0.2) is 29.1 Å². The highest BCUT2D eigenvalue weighted by Crippen LogP contribution is 2.36. The number of pyridine rings is 1. The van der Waals surface area contributed by atoms with Crippen LogP contribution in [0.1, 0.15) is 21.6 Å². The van der Waals surface area contributed by atoms with Crippen molar-refractivity contribution in [1.29, 1.82) is 0 Å². The van der Waals surface area contributed by atoms with Crippen LogP contribution in [0.25, 0.3) is 16.9 Å². The van der Waals surface area contributed by atoms with E-state index in [-0.39, 0.29) is 10.6 Å². The maximum atomic E-state index is 11.9. The molecule has 0 aliphatic heterocycles. The van der Waals surface area contributed by atoms with Gasteiger partial charge in [0.25, 0.3) is 5.91 Å². The molecule has 1 aliphatic carbocycles. The second-order valence-corrected chi connectivity index (χ2v) is 7.58. The van der Waals surface area contributed by atoms with Gasteiger partial charge in [-0.15, -0.1) is 0 Å². The Bertz CT molecular complexity index is 1130. The molecule has 0 radical (unpaired) electrons. The molecule has 1 aromatic carbocycles. The van der Waals surface area contributed by atoms with E-state index in [4.69, 9.17) is 10.9 Å². The van der Waals surface area contributed by atoms with Gasteiger partial charge in [-0.2, -0.15) is 5.10 Å². The molecule has 0 saturated carbocycles. The summed E-state index contributed by atoms with van der Waals surface area (Å²) in [4.78, 5) is 16.0. The fourth-order valence-electron chi connectivity index (χ4n) is 3.24. The maximum absolute atomic E-state index is 11.9. The first kappa shape index (κ1) is 16.4. The standard InChI is InChI=1S/C17H15N5O3S/c18-17(23)15-14-6-1-10-9-20-8-7-13(10)16(14)22(21-15)11-2-4-12(5-3-11)26(19,24)25/h2-5,7-9H,1,6H2,(H2,18,23)(H2,19,24,25). The highest BCUT2D eigenvalue weighted by atomic mass is 32.2. The number of primary sulfonamides is 1. The first-order chi connectivity index (χ1) is 12.4. The number of primary amides is 1. The quantitative estimate of drug-likeness (QED) is 0.703. The summed E-state index contributed by atoms with van der Waals surface area (Å²) in [5.41, 5.74) is 9.87. The predicted molar refractivity (Wildman–Crippen MR) is 94.1 cm³/mol. The van der Waals surface area contributed by atoms with E-state index in [0.717, 1.165) is 28.8 Å². The lowest BCUT2D eigenvalue weighted by molar-refractivity contribution is 0.0994. The van der Waals surface area contributed by atoms with E-state index < -0.39 is 15.9 Å². The topological polar surface area (TPSA) is 134 Å². The van der Waals surface area contributed by atoms with E-state index in [1.807, 2.05) is 6.07 Å². The van der Waals surface area contributed by atoms with Gasteiger partial charge in [0.05, 0.1) is 16.3 Å². The number of rotatable bonds is 3. The third-order valence-corrected chi connectivity index (χ3v) is 5.36. The van der Waals surface area contributed by atoms with Crippen LogP contribution in [0, 0.1) is 0 Å². The van der Waals surface area contributed by atoms with Gasteiger partial charge in [0.1, 0.15) is 0 Å². The van der Waals surface area contributed by atoms with E-state index in [1.54, 1.807) is 29.2 Å². The van der Waals surface area contributed by atoms with E-state index >= 15 is 0 Å². The van der Waals surface area contributed by atoms with Crippen molar-refractivity contribution in [1.82, 2.24) is 14.8 Å². The van der Waals surface area contributed by atoms with Crippen LogP contribution in [0.2, 0.25) is 0 Å². The Morgan fingerprint density at radius 3 is 2.50 bits per heavy atom. The SMILES string of the molecule is NC(=O)c1nn(-c2ccc(S(N)(=O)=O)cc2)c2c1CCc1cnccc1-2. The molecule has 26 heavy (non-hydrogen) atoms. The van der Waals surface area contributed by atoms with Crippen molar-refractivity contribution in [3.63, 3.8) is 0 Å². The maximum Gasteiger partial charge on any atom is 0.269 e. The number of hydrogen-bond donors (Lipinski definition) is 2. The number of carbonyl (C=O) groups is 1. The molecule has 0 fully saturated rings. The molecule has 1 amide bonds. The van der Waals surface area contributed by atoms with Crippen molar-refractivity contribution < 1.29 is 13.2 Å². The molecule has 4 N–H and O–H groups in total. The van der Waals surface area contributed by atoms with Crippen molar-refractivity contribution in [2.24, 2.45) is 10.9 Å². The van der Waals surface area contributed by atoms with Crippen molar-refractivity contribution in [2.75, 3.05) is 0 Å². The molecule has 2 aromatic heterocycles.